The summed E-state index contributed by atoms with van der Waals surface area (Å²) in [6.07, 6.45) is 7.60. The molecule has 0 unspecified atom stereocenters. The average molecular weight is 337 g/mol. The van der Waals surface area contributed by atoms with Crippen molar-refractivity contribution in [2.75, 3.05) is 39.3 Å². The van der Waals surface area contributed by atoms with Crippen LogP contribution in [0, 0.1) is 23.7 Å². The van der Waals surface area contributed by atoms with Gasteiger partial charge in [0.15, 0.2) is 0 Å². The highest BCUT2D eigenvalue weighted by molar-refractivity contribution is 5.82. The van der Waals surface area contributed by atoms with Crippen molar-refractivity contribution < 1.29 is 4.79 Å². The molecule has 0 saturated carbocycles. The van der Waals surface area contributed by atoms with E-state index in [0.717, 1.165) is 37.8 Å². The normalized spacial score (nSPS) is 22.6. The molecular weight excluding hydrogens is 296 g/mol. The van der Waals surface area contributed by atoms with Gasteiger partial charge in [-0.2, -0.15) is 0 Å². The third kappa shape index (κ3) is 6.15. The van der Waals surface area contributed by atoms with Crippen molar-refractivity contribution in [3.8, 4) is 0 Å². The van der Waals surface area contributed by atoms with E-state index in [-0.39, 0.29) is 5.92 Å². The molecule has 2 fully saturated rings. The average Bonchev–Trinajstić information content (AvgIpc) is 2.59. The molecule has 140 valence electrons. The maximum absolute atomic E-state index is 12.1. The monoisotopic (exact) mass is 336 g/mol. The van der Waals surface area contributed by atoms with Crippen molar-refractivity contribution >= 4 is 5.78 Å². The Morgan fingerprint density at radius 3 is 1.71 bits per heavy atom. The number of ketones is 1. The van der Waals surface area contributed by atoms with Crippen LogP contribution in [0.1, 0.15) is 66.2 Å². The summed E-state index contributed by atoms with van der Waals surface area (Å²) in [5.74, 6) is 2.85. The molecule has 0 atom stereocenters. The Labute approximate surface area is 150 Å². The summed E-state index contributed by atoms with van der Waals surface area (Å²) in [6, 6.07) is 0. The van der Waals surface area contributed by atoms with Gasteiger partial charge in [0.1, 0.15) is 5.78 Å². The van der Waals surface area contributed by atoms with Gasteiger partial charge in [0.05, 0.1) is 0 Å². The van der Waals surface area contributed by atoms with Crippen molar-refractivity contribution in [3.63, 3.8) is 0 Å². The second kappa shape index (κ2) is 9.91. The van der Waals surface area contributed by atoms with Gasteiger partial charge in [0, 0.05) is 11.8 Å². The molecule has 2 rings (SSSR count). The standard InChI is InChI=1S/C21H40N2O/c1-17(2)19-7-13-22(14-8-19)11-5-6-12-23-15-9-20(10-16-23)21(24)18(3)4/h17-20H,5-16H2,1-4H3. The lowest BCUT2D eigenvalue weighted by Crippen LogP contribution is -2.38. The van der Waals surface area contributed by atoms with Gasteiger partial charge in [0.2, 0.25) is 0 Å². The van der Waals surface area contributed by atoms with E-state index in [0.29, 0.717) is 11.7 Å². The first-order valence-electron chi connectivity index (χ1n) is 10.5. The van der Waals surface area contributed by atoms with Crippen LogP contribution in [-0.2, 0) is 4.79 Å². The fourth-order valence-corrected chi connectivity index (χ4v) is 4.43. The van der Waals surface area contributed by atoms with Crippen LogP contribution in [0.25, 0.3) is 0 Å². The predicted octanol–water partition coefficient (Wildman–Crippen LogP) is 4.07. The number of nitrogens with zero attached hydrogens (tertiary/aromatic N) is 2. The largest absolute Gasteiger partial charge is 0.303 e. The lowest BCUT2D eigenvalue weighted by Gasteiger charge is -2.34. The van der Waals surface area contributed by atoms with Gasteiger partial charge in [0.25, 0.3) is 0 Å². The summed E-state index contributed by atoms with van der Waals surface area (Å²) in [4.78, 5) is 17.3. The molecule has 0 N–H and O–H groups in total. The SMILES string of the molecule is CC(C)C(=O)C1CCN(CCCCN2CCC(C(C)C)CC2)CC1. The number of unbranched alkanes of at least 4 members (excludes halogenated alkanes) is 1. The van der Waals surface area contributed by atoms with Gasteiger partial charge in [-0.3, -0.25) is 4.79 Å². The molecule has 0 radical (unpaired) electrons. The number of Topliss-reactive ketones (excluding diaryl/α,β-unsaturated/α-hetero) is 1. The second-order valence-corrected chi connectivity index (χ2v) is 8.80. The van der Waals surface area contributed by atoms with Gasteiger partial charge < -0.3 is 9.80 Å². The predicted molar refractivity (Wildman–Crippen MR) is 102 cm³/mol. The molecule has 24 heavy (non-hydrogen) atoms. The lowest BCUT2D eigenvalue weighted by atomic mass is 9.86. The molecular formula is C21H40N2O. The molecule has 0 aliphatic carbocycles. The minimum absolute atomic E-state index is 0.210. The molecule has 3 heteroatoms. The highest BCUT2D eigenvalue weighted by Crippen LogP contribution is 2.25. The number of likely N-dealkylation sites (tertiary alicyclic amines) is 2. The molecule has 0 spiro atoms. The smallest absolute Gasteiger partial charge is 0.138 e. The van der Waals surface area contributed by atoms with Crippen molar-refractivity contribution in [2.24, 2.45) is 23.7 Å². The van der Waals surface area contributed by atoms with Crippen molar-refractivity contribution in [2.45, 2.75) is 66.2 Å². The highest BCUT2D eigenvalue weighted by atomic mass is 16.1. The van der Waals surface area contributed by atoms with Gasteiger partial charge >= 0.3 is 0 Å². The molecule has 0 amide bonds. The molecule has 0 aromatic heterocycles. The molecule has 2 aliphatic heterocycles. The fraction of sp³-hybridized carbons (Fsp3) is 0.952. The van der Waals surface area contributed by atoms with Crippen LogP contribution < -0.4 is 0 Å². The Morgan fingerprint density at radius 1 is 0.833 bits per heavy atom. The number of rotatable bonds is 8. The summed E-state index contributed by atoms with van der Waals surface area (Å²) in [5.41, 5.74) is 0. The molecule has 0 aromatic rings. The van der Waals surface area contributed by atoms with Crippen LogP contribution >= 0.6 is 0 Å². The molecule has 2 saturated heterocycles. The number of carbonyl (C=O) groups excluding carboxylic acids is 1. The zero-order valence-corrected chi connectivity index (χ0v) is 16.6. The van der Waals surface area contributed by atoms with Crippen LogP contribution in [0.4, 0.5) is 0 Å². The Hall–Kier alpha value is -0.410. The second-order valence-electron chi connectivity index (χ2n) is 8.80. The van der Waals surface area contributed by atoms with E-state index in [9.17, 15) is 4.79 Å². The van der Waals surface area contributed by atoms with E-state index in [1.165, 1.54) is 51.9 Å². The van der Waals surface area contributed by atoms with Gasteiger partial charge in [-0.25, -0.2) is 0 Å². The first-order valence-corrected chi connectivity index (χ1v) is 10.5. The Balaban J connectivity index is 1.52. The molecule has 2 aliphatic rings. The number of hydrogen-bond acceptors (Lipinski definition) is 3. The Bertz CT molecular complexity index is 364. The number of hydrogen-bond donors (Lipinski definition) is 0. The van der Waals surface area contributed by atoms with Crippen molar-refractivity contribution in [3.05, 3.63) is 0 Å². The zero-order valence-electron chi connectivity index (χ0n) is 16.6. The molecule has 3 nitrogen and oxygen atoms in total. The van der Waals surface area contributed by atoms with E-state index in [1.54, 1.807) is 0 Å². The van der Waals surface area contributed by atoms with Crippen LogP contribution in [-0.4, -0.2) is 54.9 Å². The van der Waals surface area contributed by atoms with Gasteiger partial charge in [-0.1, -0.05) is 27.7 Å². The van der Waals surface area contributed by atoms with E-state index in [2.05, 4.69) is 23.6 Å². The number of piperidine rings is 2. The summed E-state index contributed by atoms with van der Waals surface area (Å²) in [7, 11) is 0. The number of carbonyl (C=O) groups is 1. The highest BCUT2D eigenvalue weighted by Gasteiger charge is 2.26. The van der Waals surface area contributed by atoms with E-state index in [4.69, 9.17) is 0 Å². The Kier molecular flexibility index (Phi) is 8.22. The van der Waals surface area contributed by atoms with Crippen molar-refractivity contribution in [1.82, 2.24) is 9.80 Å². The first kappa shape index (κ1) is 19.9. The summed E-state index contributed by atoms with van der Waals surface area (Å²) in [5, 5.41) is 0. The lowest BCUT2D eigenvalue weighted by molar-refractivity contribution is -0.127. The topological polar surface area (TPSA) is 23.6 Å². The maximum Gasteiger partial charge on any atom is 0.138 e. The van der Waals surface area contributed by atoms with Gasteiger partial charge in [-0.15, -0.1) is 0 Å². The van der Waals surface area contributed by atoms with Crippen LogP contribution in [0.3, 0.4) is 0 Å². The minimum Gasteiger partial charge on any atom is -0.303 e. The molecule has 2 heterocycles. The third-order valence-corrected chi connectivity index (χ3v) is 6.33. The van der Waals surface area contributed by atoms with Gasteiger partial charge in [-0.05, 0) is 89.6 Å². The van der Waals surface area contributed by atoms with Crippen molar-refractivity contribution in [1.29, 1.82) is 0 Å². The summed E-state index contributed by atoms with van der Waals surface area (Å²) in [6.45, 7) is 16.2. The minimum atomic E-state index is 0.210. The third-order valence-electron chi connectivity index (χ3n) is 6.33. The van der Waals surface area contributed by atoms with E-state index in [1.807, 2.05) is 13.8 Å². The Morgan fingerprint density at radius 2 is 1.29 bits per heavy atom. The van der Waals surface area contributed by atoms with Crippen LogP contribution in [0.2, 0.25) is 0 Å². The summed E-state index contributed by atoms with van der Waals surface area (Å²) < 4.78 is 0. The van der Waals surface area contributed by atoms with E-state index < -0.39 is 0 Å². The van der Waals surface area contributed by atoms with E-state index >= 15 is 0 Å². The zero-order chi connectivity index (χ0) is 17.5. The first-order chi connectivity index (χ1) is 11.5. The quantitative estimate of drug-likeness (QED) is 0.624. The van der Waals surface area contributed by atoms with Crippen LogP contribution in [0.5, 0.6) is 0 Å². The van der Waals surface area contributed by atoms with Crippen LogP contribution in [0.15, 0.2) is 0 Å². The maximum atomic E-state index is 12.1. The fourth-order valence-electron chi connectivity index (χ4n) is 4.43. The summed E-state index contributed by atoms with van der Waals surface area (Å²) >= 11 is 0. The molecule has 0 aromatic carbocycles. The molecule has 0 bridgehead atoms.